The van der Waals surface area contributed by atoms with Gasteiger partial charge in [0, 0.05) is 40.3 Å². The number of pyridine rings is 1. The second-order valence-corrected chi connectivity index (χ2v) is 7.67. The first-order valence-electron chi connectivity index (χ1n) is 10.3. The molecule has 0 spiro atoms. The van der Waals surface area contributed by atoms with E-state index in [1.54, 1.807) is 0 Å². The van der Waals surface area contributed by atoms with Crippen molar-refractivity contribution in [2.75, 3.05) is 42.9 Å². The number of para-hydroxylation sites is 2. The number of benzene rings is 1. The number of rotatable bonds is 4. The van der Waals surface area contributed by atoms with E-state index in [4.69, 9.17) is 0 Å². The molecule has 4 rings (SSSR count). The number of amides is 1. The average Bonchev–Trinajstić information content (AvgIpc) is 2.81. The first kappa shape index (κ1) is 20.8. The summed E-state index contributed by atoms with van der Waals surface area (Å²) in [7, 11) is 2.95. The molecule has 31 heavy (non-hydrogen) atoms. The number of aromatic nitrogens is 3. The smallest absolute Gasteiger partial charge is 0.332 e. The van der Waals surface area contributed by atoms with E-state index in [1.807, 2.05) is 24.3 Å². The molecule has 1 aliphatic heterocycles. The predicted octanol–water partition coefficient (Wildman–Crippen LogP) is 1.03. The van der Waals surface area contributed by atoms with Gasteiger partial charge < -0.3 is 15.1 Å². The van der Waals surface area contributed by atoms with E-state index in [-0.39, 0.29) is 16.7 Å². The second-order valence-electron chi connectivity index (χ2n) is 7.67. The maximum Gasteiger partial charge on any atom is 0.332 e. The molecule has 1 aliphatic rings. The minimum absolute atomic E-state index is 0.140. The largest absolute Gasteiger partial charge is 0.367 e. The maximum absolute atomic E-state index is 13.0. The Morgan fingerprint density at radius 2 is 1.71 bits per heavy atom. The highest BCUT2D eigenvalue weighted by Crippen LogP contribution is 2.27. The SMILES string of the molecule is CCN1CCN(c2ccccc2NC(=O)c2ccc3c(=O)n(C)c(=O)n(C)c3n2)CC1. The summed E-state index contributed by atoms with van der Waals surface area (Å²) in [6.45, 7) is 6.93. The van der Waals surface area contributed by atoms with Crippen LogP contribution in [-0.4, -0.2) is 57.6 Å². The lowest BCUT2D eigenvalue weighted by Crippen LogP contribution is -2.46. The highest BCUT2D eigenvalue weighted by Gasteiger charge is 2.20. The van der Waals surface area contributed by atoms with E-state index < -0.39 is 17.2 Å². The van der Waals surface area contributed by atoms with Crippen LogP contribution in [0.15, 0.2) is 46.0 Å². The average molecular weight is 422 g/mol. The fourth-order valence-electron chi connectivity index (χ4n) is 3.93. The number of aryl methyl sites for hydroxylation is 1. The number of anilines is 2. The van der Waals surface area contributed by atoms with Gasteiger partial charge in [0.25, 0.3) is 11.5 Å². The molecule has 0 saturated carbocycles. The van der Waals surface area contributed by atoms with Gasteiger partial charge in [-0.1, -0.05) is 19.1 Å². The number of nitrogens with one attached hydrogen (secondary N) is 1. The summed E-state index contributed by atoms with van der Waals surface area (Å²) in [6, 6.07) is 10.7. The number of nitrogens with zero attached hydrogens (tertiary/aromatic N) is 5. The van der Waals surface area contributed by atoms with Crippen molar-refractivity contribution in [3.05, 3.63) is 62.9 Å². The standard InChI is InChI=1S/C22H26N6O3/c1-4-27-11-13-28(14-12-27)18-8-6-5-7-16(18)24-20(29)17-10-9-15-19(23-17)25(2)22(31)26(3)21(15)30/h5-10H,4,11-14H2,1-3H3,(H,24,29). The highest BCUT2D eigenvalue weighted by molar-refractivity contribution is 6.05. The van der Waals surface area contributed by atoms with E-state index in [0.29, 0.717) is 5.69 Å². The van der Waals surface area contributed by atoms with Crippen molar-refractivity contribution in [1.29, 1.82) is 0 Å². The molecule has 0 radical (unpaired) electrons. The highest BCUT2D eigenvalue weighted by atomic mass is 16.2. The Morgan fingerprint density at radius 3 is 2.42 bits per heavy atom. The van der Waals surface area contributed by atoms with Crippen LogP contribution < -0.4 is 21.5 Å². The molecule has 3 aromatic rings. The third-order valence-electron chi connectivity index (χ3n) is 5.85. The van der Waals surface area contributed by atoms with Gasteiger partial charge in [0.2, 0.25) is 0 Å². The van der Waals surface area contributed by atoms with Gasteiger partial charge in [-0.05, 0) is 30.8 Å². The Hall–Kier alpha value is -3.46. The Labute approximate surface area is 179 Å². The molecule has 0 aliphatic carbocycles. The second kappa shape index (κ2) is 8.35. The normalized spacial score (nSPS) is 14.7. The number of hydrogen-bond donors (Lipinski definition) is 1. The van der Waals surface area contributed by atoms with Crippen molar-refractivity contribution >= 4 is 28.3 Å². The van der Waals surface area contributed by atoms with Crippen molar-refractivity contribution in [2.45, 2.75) is 6.92 Å². The number of hydrogen-bond acceptors (Lipinski definition) is 6. The van der Waals surface area contributed by atoms with Gasteiger partial charge in [-0.2, -0.15) is 0 Å². The number of carbonyl (C=O) groups excluding carboxylic acids is 1. The van der Waals surface area contributed by atoms with Crippen molar-refractivity contribution in [1.82, 2.24) is 19.0 Å². The molecule has 1 fully saturated rings. The maximum atomic E-state index is 13.0. The van der Waals surface area contributed by atoms with E-state index in [2.05, 4.69) is 27.0 Å². The molecule has 1 saturated heterocycles. The van der Waals surface area contributed by atoms with Crippen LogP contribution in [0.25, 0.3) is 11.0 Å². The minimum atomic E-state index is -0.487. The van der Waals surface area contributed by atoms with E-state index >= 15 is 0 Å². The number of piperazine rings is 1. The third kappa shape index (κ3) is 3.84. The Balaban J connectivity index is 1.63. The lowest BCUT2D eigenvalue weighted by atomic mass is 10.2. The molecule has 1 N–H and O–H groups in total. The molecule has 1 aromatic carbocycles. The van der Waals surface area contributed by atoms with Gasteiger partial charge in [0.15, 0.2) is 0 Å². The van der Waals surface area contributed by atoms with Crippen molar-refractivity contribution < 1.29 is 4.79 Å². The van der Waals surface area contributed by atoms with E-state index in [0.717, 1.165) is 43.0 Å². The van der Waals surface area contributed by atoms with Gasteiger partial charge >= 0.3 is 5.69 Å². The molecule has 2 aromatic heterocycles. The zero-order chi connectivity index (χ0) is 22.1. The lowest BCUT2D eigenvalue weighted by Gasteiger charge is -2.36. The van der Waals surface area contributed by atoms with Crippen LogP contribution in [0, 0.1) is 0 Å². The van der Waals surface area contributed by atoms with Crippen LogP contribution >= 0.6 is 0 Å². The molecular weight excluding hydrogens is 396 g/mol. The first-order valence-corrected chi connectivity index (χ1v) is 10.3. The lowest BCUT2D eigenvalue weighted by molar-refractivity contribution is 0.102. The van der Waals surface area contributed by atoms with Crippen LogP contribution in [0.1, 0.15) is 17.4 Å². The summed E-state index contributed by atoms with van der Waals surface area (Å²) in [5, 5.41) is 3.23. The monoisotopic (exact) mass is 422 g/mol. The molecule has 3 heterocycles. The predicted molar refractivity (Wildman–Crippen MR) is 121 cm³/mol. The number of carbonyl (C=O) groups is 1. The Kier molecular flexibility index (Phi) is 5.60. The summed E-state index contributed by atoms with van der Waals surface area (Å²) in [5.74, 6) is -0.394. The Morgan fingerprint density at radius 1 is 1.00 bits per heavy atom. The van der Waals surface area contributed by atoms with Gasteiger partial charge in [-0.25, -0.2) is 9.78 Å². The zero-order valence-corrected chi connectivity index (χ0v) is 18.0. The van der Waals surface area contributed by atoms with Crippen LogP contribution in [-0.2, 0) is 14.1 Å². The number of fused-ring (bicyclic) bond motifs is 1. The molecule has 9 heteroatoms. The fourth-order valence-corrected chi connectivity index (χ4v) is 3.93. The summed E-state index contributed by atoms with van der Waals surface area (Å²) < 4.78 is 2.30. The van der Waals surface area contributed by atoms with Gasteiger partial charge in [0.1, 0.15) is 11.3 Å². The van der Waals surface area contributed by atoms with Crippen LogP contribution in [0.3, 0.4) is 0 Å². The number of likely N-dealkylation sites (N-methyl/N-ethyl adjacent to an activating group) is 1. The first-order chi connectivity index (χ1) is 14.9. The van der Waals surface area contributed by atoms with Gasteiger partial charge in [-0.3, -0.25) is 18.7 Å². The van der Waals surface area contributed by atoms with E-state index in [1.165, 1.54) is 30.8 Å². The molecular formula is C22H26N6O3. The van der Waals surface area contributed by atoms with Gasteiger partial charge in [-0.15, -0.1) is 0 Å². The molecule has 1 amide bonds. The van der Waals surface area contributed by atoms with Crippen LogP contribution in [0.5, 0.6) is 0 Å². The topological polar surface area (TPSA) is 92.5 Å². The molecule has 0 unspecified atom stereocenters. The summed E-state index contributed by atoms with van der Waals surface area (Å²) >= 11 is 0. The van der Waals surface area contributed by atoms with Gasteiger partial charge in [0.05, 0.1) is 16.8 Å². The third-order valence-corrected chi connectivity index (χ3v) is 5.85. The van der Waals surface area contributed by atoms with Crippen LogP contribution in [0.2, 0.25) is 0 Å². The fraction of sp³-hybridized carbons (Fsp3) is 0.364. The molecule has 9 nitrogen and oxygen atoms in total. The summed E-state index contributed by atoms with van der Waals surface area (Å²) in [6.07, 6.45) is 0. The van der Waals surface area contributed by atoms with Crippen molar-refractivity contribution in [3.63, 3.8) is 0 Å². The molecule has 162 valence electrons. The summed E-state index contributed by atoms with van der Waals surface area (Å²) in [4.78, 5) is 46.5. The van der Waals surface area contributed by atoms with Crippen LogP contribution in [0.4, 0.5) is 11.4 Å². The van der Waals surface area contributed by atoms with Crippen molar-refractivity contribution in [3.8, 4) is 0 Å². The molecule has 0 atom stereocenters. The Bertz CT molecular complexity index is 1250. The minimum Gasteiger partial charge on any atom is -0.367 e. The molecule has 0 bridgehead atoms. The summed E-state index contributed by atoms with van der Waals surface area (Å²) in [5.41, 5.74) is 1.07. The van der Waals surface area contributed by atoms with E-state index in [9.17, 15) is 14.4 Å². The quantitative estimate of drug-likeness (QED) is 0.675. The van der Waals surface area contributed by atoms with Crippen molar-refractivity contribution in [2.24, 2.45) is 14.1 Å². The zero-order valence-electron chi connectivity index (χ0n) is 18.0.